The molecule has 156 valence electrons. The van der Waals surface area contributed by atoms with Crippen molar-refractivity contribution in [1.82, 2.24) is 14.8 Å². The average Bonchev–Trinajstić information content (AvgIpc) is 2.77. The van der Waals surface area contributed by atoms with Crippen LogP contribution in [0.5, 0.6) is 0 Å². The van der Waals surface area contributed by atoms with Gasteiger partial charge in [-0.2, -0.15) is 5.10 Å². The van der Waals surface area contributed by atoms with E-state index in [0.29, 0.717) is 11.3 Å². The van der Waals surface area contributed by atoms with Crippen molar-refractivity contribution in [2.75, 3.05) is 5.32 Å². The quantitative estimate of drug-likeness (QED) is 0.420. The van der Waals surface area contributed by atoms with Crippen LogP contribution in [0.2, 0.25) is 0 Å². The third-order valence-corrected chi connectivity index (χ3v) is 5.51. The predicted octanol–water partition coefficient (Wildman–Crippen LogP) is 4.61. The predicted molar refractivity (Wildman–Crippen MR) is 123 cm³/mol. The van der Waals surface area contributed by atoms with Gasteiger partial charge in [-0.05, 0) is 24.6 Å². The lowest BCUT2D eigenvalue weighted by Gasteiger charge is -2.17. The zero-order valence-corrected chi connectivity index (χ0v) is 18.3. The van der Waals surface area contributed by atoms with Crippen molar-refractivity contribution in [2.24, 2.45) is 0 Å². The van der Waals surface area contributed by atoms with Crippen LogP contribution < -0.4 is 10.9 Å². The number of anilines is 2. The van der Waals surface area contributed by atoms with Crippen LogP contribution in [-0.4, -0.2) is 25.8 Å². The summed E-state index contributed by atoms with van der Waals surface area (Å²) in [6, 6.07) is 15.2. The highest BCUT2D eigenvalue weighted by atomic mass is 79.9. The van der Waals surface area contributed by atoms with Gasteiger partial charge in [0.25, 0.3) is 5.56 Å². The summed E-state index contributed by atoms with van der Waals surface area (Å²) in [4.78, 5) is 29.5. The molecule has 0 radical (unpaired) electrons. The fourth-order valence-corrected chi connectivity index (χ4v) is 3.71. The largest absolute Gasteiger partial charge is 0.476 e. The number of fused-ring (bicyclic) bond motifs is 1. The maximum absolute atomic E-state index is 13.2. The molecule has 2 heterocycles. The van der Waals surface area contributed by atoms with E-state index in [-0.39, 0.29) is 29.9 Å². The summed E-state index contributed by atoms with van der Waals surface area (Å²) in [5, 5.41) is 18.9. The highest BCUT2D eigenvalue weighted by molar-refractivity contribution is 9.10. The van der Waals surface area contributed by atoms with Crippen molar-refractivity contribution in [2.45, 2.75) is 19.9 Å². The molecule has 4 aromatic rings. The van der Waals surface area contributed by atoms with E-state index in [4.69, 9.17) is 0 Å². The van der Waals surface area contributed by atoms with Crippen LogP contribution in [0.25, 0.3) is 10.8 Å². The van der Waals surface area contributed by atoms with E-state index < -0.39 is 5.97 Å². The van der Waals surface area contributed by atoms with Crippen LogP contribution in [0.3, 0.4) is 0 Å². The topological polar surface area (TPSA) is 97.1 Å². The van der Waals surface area contributed by atoms with Crippen LogP contribution in [0.15, 0.2) is 70.2 Å². The highest BCUT2D eigenvalue weighted by Gasteiger charge is 2.22. The van der Waals surface area contributed by atoms with Crippen molar-refractivity contribution in [3.63, 3.8) is 0 Å². The molecule has 0 aliphatic heterocycles. The van der Waals surface area contributed by atoms with Gasteiger partial charge in [0.1, 0.15) is 5.69 Å². The van der Waals surface area contributed by atoms with Gasteiger partial charge in [-0.3, -0.25) is 9.78 Å². The Morgan fingerprint density at radius 3 is 2.58 bits per heavy atom. The van der Waals surface area contributed by atoms with Gasteiger partial charge in [-0.25, -0.2) is 9.48 Å². The molecule has 0 saturated carbocycles. The van der Waals surface area contributed by atoms with Crippen LogP contribution in [0, 0.1) is 0 Å². The van der Waals surface area contributed by atoms with Crippen molar-refractivity contribution >= 4 is 44.0 Å². The molecule has 7 nitrogen and oxygen atoms in total. The molecule has 2 aromatic heterocycles. The molecule has 31 heavy (non-hydrogen) atoms. The minimum atomic E-state index is -1.19. The Morgan fingerprint density at radius 2 is 1.87 bits per heavy atom. The summed E-state index contributed by atoms with van der Waals surface area (Å²) in [7, 11) is 0. The third-order valence-electron chi connectivity index (χ3n) is 4.98. The van der Waals surface area contributed by atoms with Gasteiger partial charge in [0.05, 0.1) is 11.9 Å². The molecule has 0 fully saturated rings. The summed E-state index contributed by atoms with van der Waals surface area (Å²) in [5.41, 5.74) is 1.47. The first-order valence-corrected chi connectivity index (χ1v) is 10.5. The minimum absolute atomic E-state index is 0.153. The van der Waals surface area contributed by atoms with Crippen LogP contribution in [0.1, 0.15) is 28.5 Å². The lowest BCUT2D eigenvalue weighted by atomic mass is 10.0. The molecular formula is C23H19BrN4O3. The van der Waals surface area contributed by atoms with Gasteiger partial charge in [0.15, 0.2) is 5.69 Å². The number of halogens is 1. The van der Waals surface area contributed by atoms with Gasteiger partial charge < -0.3 is 10.4 Å². The lowest BCUT2D eigenvalue weighted by Crippen LogP contribution is -2.29. The van der Waals surface area contributed by atoms with Gasteiger partial charge in [-0.1, -0.05) is 52.3 Å². The molecule has 0 unspecified atom stereocenters. The van der Waals surface area contributed by atoms with Gasteiger partial charge in [0, 0.05) is 40.0 Å². The summed E-state index contributed by atoms with van der Waals surface area (Å²) in [5.74, 6) is -1.19. The standard InChI is InChI=1S/C23H19BrN4O3/c1-2-28-22(29)20(26-19-13-25-12-15-5-3-4-6-17(15)19)18(21(27-28)23(30)31)11-14-7-9-16(24)10-8-14/h3-10,12-13,26H,2,11H2,1H3,(H,30,31). The monoisotopic (exact) mass is 478 g/mol. The summed E-state index contributed by atoms with van der Waals surface area (Å²) >= 11 is 3.40. The number of pyridine rings is 1. The van der Waals surface area contributed by atoms with Crippen molar-refractivity contribution < 1.29 is 9.90 Å². The summed E-state index contributed by atoms with van der Waals surface area (Å²) < 4.78 is 2.07. The molecule has 0 spiro atoms. The maximum atomic E-state index is 13.2. The third kappa shape index (κ3) is 4.20. The first kappa shape index (κ1) is 20.7. The summed E-state index contributed by atoms with van der Waals surface area (Å²) in [6.45, 7) is 2.00. The molecular weight excluding hydrogens is 460 g/mol. The first-order chi connectivity index (χ1) is 15.0. The molecule has 0 amide bonds. The second-order valence-electron chi connectivity index (χ2n) is 6.96. The molecule has 8 heteroatoms. The van der Waals surface area contributed by atoms with Crippen LogP contribution in [-0.2, 0) is 13.0 Å². The lowest BCUT2D eigenvalue weighted by molar-refractivity contribution is 0.0686. The Morgan fingerprint density at radius 1 is 1.13 bits per heavy atom. The second kappa shape index (κ2) is 8.69. The molecule has 2 N–H and O–H groups in total. The molecule has 0 bridgehead atoms. The minimum Gasteiger partial charge on any atom is -0.476 e. The van der Waals surface area contributed by atoms with Gasteiger partial charge >= 0.3 is 5.97 Å². The summed E-state index contributed by atoms with van der Waals surface area (Å²) in [6.07, 6.45) is 3.60. The van der Waals surface area contributed by atoms with Gasteiger partial charge in [-0.15, -0.1) is 0 Å². The number of nitrogens with zero attached hydrogens (tertiary/aromatic N) is 3. The van der Waals surface area contributed by atoms with Crippen LogP contribution in [0.4, 0.5) is 11.4 Å². The molecule has 4 rings (SSSR count). The zero-order valence-electron chi connectivity index (χ0n) is 16.7. The molecule has 2 aromatic carbocycles. The number of aryl methyl sites for hydroxylation is 1. The number of carboxylic acids is 1. The highest BCUT2D eigenvalue weighted by Crippen LogP contribution is 2.28. The SMILES string of the molecule is CCn1nc(C(=O)O)c(Cc2ccc(Br)cc2)c(Nc2cncc3ccccc23)c1=O. The average molecular weight is 479 g/mol. The first-order valence-electron chi connectivity index (χ1n) is 9.69. The van der Waals surface area contributed by atoms with E-state index in [9.17, 15) is 14.7 Å². The molecule has 0 aliphatic carbocycles. The normalized spacial score (nSPS) is 10.9. The smallest absolute Gasteiger partial charge is 0.356 e. The number of hydrogen-bond donors (Lipinski definition) is 2. The number of aromatic carboxylic acids is 1. The van der Waals surface area contributed by atoms with E-state index in [1.165, 1.54) is 0 Å². The Bertz CT molecular complexity index is 1330. The zero-order chi connectivity index (χ0) is 22.0. The Kier molecular flexibility index (Phi) is 5.81. The number of nitrogens with one attached hydrogen (secondary N) is 1. The number of rotatable bonds is 6. The van der Waals surface area contributed by atoms with Crippen molar-refractivity contribution in [3.05, 3.63) is 92.6 Å². The van der Waals surface area contributed by atoms with Crippen molar-refractivity contribution in [3.8, 4) is 0 Å². The van der Waals surface area contributed by atoms with E-state index in [1.807, 2.05) is 48.5 Å². The Labute approximate surface area is 186 Å². The molecule has 0 saturated heterocycles. The number of benzene rings is 2. The second-order valence-corrected chi connectivity index (χ2v) is 7.88. The number of hydrogen-bond acceptors (Lipinski definition) is 5. The fourth-order valence-electron chi connectivity index (χ4n) is 3.45. The van der Waals surface area contributed by atoms with Crippen LogP contribution >= 0.6 is 15.9 Å². The Hall–Kier alpha value is -3.52. The van der Waals surface area contributed by atoms with Gasteiger partial charge in [0.2, 0.25) is 0 Å². The van der Waals surface area contributed by atoms with E-state index >= 15 is 0 Å². The Balaban J connectivity index is 1.92. The molecule has 0 atom stereocenters. The van der Waals surface area contributed by atoms with E-state index in [0.717, 1.165) is 25.5 Å². The maximum Gasteiger partial charge on any atom is 0.356 e. The van der Waals surface area contributed by atoms with E-state index in [2.05, 4.69) is 31.3 Å². The molecule has 0 aliphatic rings. The van der Waals surface area contributed by atoms with E-state index in [1.54, 1.807) is 19.3 Å². The number of carboxylic acid groups (broad SMARTS) is 1. The fraction of sp³-hybridized carbons (Fsp3) is 0.130. The van der Waals surface area contributed by atoms with Crippen molar-refractivity contribution in [1.29, 1.82) is 0 Å². The number of carbonyl (C=O) groups is 1. The number of aromatic nitrogens is 3.